The summed E-state index contributed by atoms with van der Waals surface area (Å²) < 4.78 is 0. The number of halogens is 1. The van der Waals surface area contributed by atoms with Crippen molar-refractivity contribution < 1.29 is 4.79 Å². The monoisotopic (exact) mass is 244 g/mol. The standard InChI is InChI=1S/C15H13ClO/c1-2-15(17)14-9-4-3-8-13(14)11-6-5-7-12(16)10-11/h3-10H,2H2,1H3. The molecule has 0 unspecified atom stereocenters. The summed E-state index contributed by atoms with van der Waals surface area (Å²) >= 11 is 5.98. The number of hydrogen-bond acceptors (Lipinski definition) is 1. The van der Waals surface area contributed by atoms with E-state index >= 15 is 0 Å². The fourth-order valence-corrected chi connectivity index (χ4v) is 2.01. The van der Waals surface area contributed by atoms with Crippen LogP contribution in [0.3, 0.4) is 0 Å². The van der Waals surface area contributed by atoms with Crippen molar-refractivity contribution in [2.24, 2.45) is 0 Å². The molecule has 0 fully saturated rings. The molecule has 0 bridgehead atoms. The highest BCUT2D eigenvalue weighted by molar-refractivity contribution is 6.30. The third kappa shape index (κ3) is 2.56. The summed E-state index contributed by atoms with van der Waals surface area (Å²) in [5.41, 5.74) is 2.69. The molecule has 0 N–H and O–H groups in total. The predicted molar refractivity (Wildman–Crippen MR) is 71.5 cm³/mol. The third-order valence-electron chi connectivity index (χ3n) is 2.68. The van der Waals surface area contributed by atoms with Crippen LogP contribution in [0.1, 0.15) is 23.7 Å². The molecule has 0 atom stereocenters. The van der Waals surface area contributed by atoms with E-state index in [9.17, 15) is 4.79 Å². The summed E-state index contributed by atoms with van der Waals surface area (Å²) in [7, 11) is 0. The van der Waals surface area contributed by atoms with Crippen LogP contribution in [0.5, 0.6) is 0 Å². The SMILES string of the molecule is CCC(=O)c1ccccc1-c1cccc(Cl)c1. The number of ketones is 1. The average Bonchev–Trinajstić information content (AvgIpc) is 2.38. The van der Waals surface area contributed by atoms with Crippen LogP contribution in [-0.2, 0) is 0 Å². The number of carbonyl (C=O) groups excluding carboxylic acids is 1. The van der Waals surface area contributed by atoms with Crippen LogP contribution in [0.2, 0.25) is 5.02 Å². The molecule has 2 rings (SSSR count). The minimum atomic E-state index is 0.153. The first-order valence-electron chi connectivity index (χ1n) is 5.60. The van der Waals surface area contributed by atoms with Crippen LogP contribution in [0.4, 0.5) is 0 Å². The van der Waals surface area contributed by atoms with E-state index < -0.39 is 0 Å². The van der Waals surface area contributed by atoms with Crippen LogP contribution in [0.25, 0.3) is 11.1 Å². The maximum absolute atomic E-state index is 11.9. The van der Waals surface area contributed by atoms with Crippen molar-refractivity contribution in [1.82, 2.24) is 0 Å². The van der Waals surface area contributed by atoms with E-state index in [1.165, 1.54) is 0 Å². The lowest BCUT2D eigenvalue weighted by atomic mass is 9.96. The molecular formula is C15H13ClO. The fraction of sp³-hybridized carbons (Fsp3) is 0.133. The van der Waals surface area contributed by atoms with Crippen LogP contribution >= 0.6 is 11.6 Å². The Morgan fingerprint density at radius 3 is 2.59 bits per heavy atom. The zero-order chi connectivity index (χ0) is 12.3. The molecule has 2 heteroatoms. The number of Topliss-reactive ketones (excluding diaryl/α,β-unsaturated/α-hetero) is 1. The molecule has 86 valence electrons. The Morgan fingerprint density at radius 2 is 1.88 bits per heavy atom. The highest BCUT2D eigenvalue weighted by atomic mass is 35.5. The van der Waals surface area contributed by atoms with Crippen LogP contribution in [-0.4, -0.2) is 5.78 Å². The molecule has 0 aliphatic heterocycles. The van der Waals surface area contributed by atoms with Crippen molar-refractivity contribution in [3.05, 3.63) is 59.1 Å². The lowest BCUT2D eigenvalue weighted by Crippen LogP contribution is -1.99. The first-order valence-corrected chi connectivity index (χ1v) is 5.98. The fourth-order valence-electron chi connectivity index (χ4n) is 1.82. The number of benzene rings is 2. The van der Waals surface area contributed by atoms with E-state index in [-0.39, 0.29) is 5.78 Å². The largest absolute Gasteiger partial charge is 0.294 e. The lowest BCUT2D eigenvalue weighted by molar-refractivity contribution is 0.0989. The normalized spacial score (nSPS) is 10.2. The smallest absolute Gasteiger partial charge is 0.163 e. The van der Waals surface area contributed by atoms with Crippen molar-refractivity contribution in [2.75, 3.05) is 0 Å². The quantitative estimate of drug-likeness (QED) is 0.721. The molecule has 0 heterocycles. The number of carbonyl (C=O) groups is 1. The van der Waals surface area contributed by atoms with Gasteiger partial charge in [-0.25, -0.2) is 0 Å². The van der Waals surface area contributed by atoms with Gasteiger partial charge in [-0.15, -0.1) is 0 Å². The highest BCUT2D eigenvalue weighted by Crippen LogP contribution is 2.26. The van der Waals surface area contributed by atoms with Gasteiger partial charge in [-0.1, -0.05) is 54.9 Å². The van der Waals surface area contributed by atoms with Crippen LogP contribution in [0.15, 0.2) is 48.5 Å². The molecular weight excluding hydrogens is 232 g/mol. The Morgan fingerprint density at radius 1 is 1.12 bits per heavy atom. The van der Waals surface area contributed by atoms with Crippen molar-refractivity contribution in [3.63, 3.8) is 0 Å². The zero-order valence-corrected chi connectivity index (χ0v) is 10.4. The summed E-state index contributed by atoms with van der Waals surface area (Å²) in [6.07, 6.45) is 0.511. The highest BCUT2D eigenvalue weighted by Gasteiger charge is 2.10. The zero-order valence-electron chi connectivity index (χ0n) is 9.61. The van der Waals surface area contributed by atoms with E-state index in [1.54, 1.807) is 0 Å². The summed E-state index contributed by atoms with van der Waals surface area (Å²) in [6.45, 7) is 1.87. The molecule has 1 nitrogen and oxygen atoms in total. The summed E-state index contributed by atoms with van der Waals surface area (Å²) in [6, 6.07) is 15.2. The lowest BCUT2D eigenvalue weighted by Gasteiger charge is -2.08. The van der Waals surface area contributed by atoms with Gasteiger partial charge in [0.05, 0.1) is 0 Å². The van der Waals surface area contributed by atoms with Crippen molar-refractivity contribution >= 4 is 17.4 Å². The summed E-state index contributed by atoms with van der Waals surface area (Å²) in [5.74, 6) is 0.153. The maximum atomic E-state index is 11.9. The van der Waals surface area contributed by atoms with Gasteiger partial charge in [-0.3, -0.25) is 4.79 Å². The Hall–Kier alpha value is -1.60. The molecule has 2 aromatic rings. The van der Waals surface area contributed by atoms with Crippen molar-refractivity contribution in [2.45, 2.75) is 13.3 Å². The first-order chi connectivity index (χ1) is 8.22. The molecule has 17 heavy (non-hydrogen) atoms. The van der Waals surface area contributed by atoms with E-state index in [1.807, 2.05) is 55.5 Å². The van der Waals surface area contributed by atoms with Crippen molar-refractivity contribution in [3.8, 4) is 11.1 Å². The molecule has 0 aliphatic rings. The summed E-state index contributed by atoms with van der Waals surface area (Å²) in [5, 5.41) is 0.682. The Labute approximate surface area is 106 Å². The molecule has 0 saturated carbocycles. The first kappa shape index (κ1) is 11.9. The van der Waals surface area contributed by atoms with E-state index in [0.29, 0.717) is 11.4 Å². The van der Waals surface area contributed by atoms with Gasteiger partial charge >= 0.3 is 0 Å². The van der Waals surface area contributed by atoms with E-state index in [0.717, 1.165) is 16.7 Å². The maximum Gasteiger partial charge on any atom is 0.163 e. The molecule has 0 spiro atoms. The number of hydrogen-bond donors (Lipinski definition) is 0. The van der Waals surface area contributed by atoms with Gasteiger partial charge in [-0.2, -0.15) is 0 Å². The van der Waals surface area contributed by atoms with Gasteiger partial charge < -0.3 is 0 Å². The van der Waals surface area contributed by atoms with Gasteiger partial charge in [0, 0.05) is 17.0 Å². The molecule has 0 amide bonds. The van der Waals surface area contributed by atoms with Gasteiger partial charge in [0.2, 0.25) is 0 Å². The second-order valence-electron chi connectivity index (χ2n) is 3.83. The van der Waals surface area contributed by atoms with Gasteiger partial charge in [0.1, 0.15) is 0 Å². The molecule has 0 saturated heterocycles. The van der Waals surface area contributed by atoms with Gasteiger partial charge in [0.15, 0.2) is 5.78 Å². The number of rotatable bonds is 3. The van der Waals surface area contributed by atoms with Crippen LogP contribution in [0, 0.1) is 0 Å². The second kappa shape index (κ2) is 5.15. The topological polar surface area (TPSA) is 17.1 Å². The molecule has 2 aromatic carbocycles. The van der Waals surface area contributed by atoms with Crippen LogP contribution < -0.4 is 0 Å². The minimum Gasteiger partial charge on any atom is -0.294 e. The molecule has 0 aromatic heterocycles. The Kier molecular flexibility index (Phi) is 3.60. The van der Waals surface area contributed by atoms with Gasteiger partial charge in [-0.05, 0) is 23.3 Å². The molecule has 0 aliphatic carbocycles. The Bertz CT molecular complexity index is 546. The Balaban J connectivity index is 2.55. The third-order valence-corrected chi connectivity index (χ3v) is 2.92. The second-order valence-corrected chi connectivity index (χ2v) is 4.27. The van der Waals surface area contributed by atoms with E-state index in [4.69, 9.17) is 11.6 Å². The van der Waals surface area contributed by atoms with Gasteiger partial charge in [0.25, 0.3) is 0 Å². The molecule has 0 radical (unpaired) electrons. The van der Waals surface area contributed by atoms with E-state index in [2.05, 4.69) is 0 Å². The minimum absolute atomic E-state index is 0.153. The predicted octanol–water partition coefficient (Wildman–Crippen LogP) is 4.60. The summed E-state index contributed by atoms with van der Waals surface area (Å²) in [4.78, 5) is 11.9. The average molecular weight is 245 g/mol. The van der Waals surface area contributed by atoms with Crippen molar-refractivity contribution in [1.29, 1.82) is 0 Å².